The molecule has 0 aromatic heterocycles. The van der Waals surface area contributed by atoms with Gasteiger partial charge in [0.25, 0.3) is 0 Å². The number of carbonyl (C=O) groups excluding carboxylic acids is 5. The van der Waals surface area contributed by atoms with Crippen LogP contribution in [0.25, 0.3) is 0 Å². The average molecular weight is 678 g/mol. The smallest absolute Gasteiger partial charge is 0.335 e. The Hall–Kier alpha value is -4.69. The summed E-state index contributed by atoms with van der Waals surface area (Å²) in [4.78, 5) is 82.1. The van der Waals surface area contributed by atoms with E-state index in [0.29, 0.717) is 25.3 Å². The number of hydrogen-bond acceptors (Lipinski definition) is 8. The van der Waals surface area contributed by atoms with E-state index < -0.39 is 48.2 Å². The molecule has 0 saturated heterocycles. The second-order valence-electron chi connectivity index (χ2n) is 11.3. The van der Waals surface area contributed by atoms with Crippen LogP contribution in [-0.4, -0.2) is 90.5 Å². The first-order valence-electron chi connectivity index (χ1n) is 16.6. The summed E-state index contributed by atoms with van der Waals surface area (Å²) in [5.74, 6) is -4.13. The lowest BCUT2D eigenvalue weighted by Gasteiger charge is -2.14. The first kappa shape index (κ1) is 41.3. The summed E-state index contributed by atoms with van der Waals surface area (Å²) in [5, 5.41) is 30.5. The number of ether oxygens (including phenoxy) is 1. The van der Waals surface area contributed by atoms with Crippen LogP contribution in [0.1, 0.15) is 101 Å². The first-order valence-corrected chi connectivity index (χ1v) is 16.6. The zero-order valence-corrected chi connectivity index (χ0v) is 27.8. The molecular weight excluding hydrogens is 626 g/mol. The molecule has 0 spiro atoms. The van der Waals surface area contributed by atoms with Crippen molar-refractivity contribution in [2.24, 2.45) is 0 Å². The van der Waals surface area contributed by atoms with Crippen LogP contribution in [0, 0.1) is 0 Å². The van der Waals surface area contributed by atoms with Crippen molar-refractivity contribution in [3.63, 3.8) is 0 Å². The number of benzene rings is 1. The summed E-state index contributed by atoms with van der Waals surface area (Å²) in [5.41, 5.74) is 0.218. The fourth-order valence-electron chi connectivity index (χ4n) is 4.35. The van der Waals surface area contributed by atoms with E-state index in [9.17, 15) is 38.7 Å². The van der Waals surface area contributed by atoms with Crippen molar-refractivity contribution in [2.45, 2.75) is 96.4 Å². The topological polar surface area (TPSA) is 229 Å². The molecular formula is C33H51N5O10. The molecule has 48 heavy (non-hydrogen) atoms. The Kier molecular flexibility index (Phi) is 21.9. The lowest BCUT2D eigenvalue weighted by Crippen LogP contribution is -2.45. The summed E-state index contributed by atoms with van der Waals surface area (Å²) in [6.45, 7) is 2.05. The lowest BCUT2D eigenvalue weighted by molar-refractivity contribution is -0.142. The number of unbranched alkanes of at least 4 members (excludes halogenated alkanes) is 8. The maximum absolute atomic E-state index is 12.3. The predicted octanol–water partition coefficient (Wildman–Crippen LogP) is 1.89. The van der Waals surface area contributed by atoms with Gasteiger partial charge >= 0.3 is 11.9 Å². The number of aromatic carboxylic acids is 1. The minimum Gasteiger partial charge on any atom is -0.494 e. The van der Waals surface area contributed by atoms with Crippen molar-refractivity contribution in [3.05, 3.63) is 29.8 Å². The zero-order chi connectivity index (χ0) is 35.6. The molecule has 0 bridgehead atoms. The number of carboxylic acids is 2. The highest BCUT2D eigenvalue weighted by atomic mass is 16.5. The van der Waals surface area contributed by atoms with Crippen molar-refractivity contribution in [1.29, 1.82) is 0 Å². The second kappa shape index (κ2) is 25.4. The van der Waals surface area contributed by atoms with Crippen molar-refractivity contribution in [2.75, 3.05) is 32.8 Å². The van der Waals surface area contributed by atoms with E-state index in [4.69, 9.17) is 9.84 Å². The van der Waals surface area contributed by atoms with E-state index in [1.54, 1.807) is 12.1 Å². The van der Waals surface area contributed by atoms with E-state index in [2.05, 4.69) is 26.6 Å². The fourth-order valence-corrected chi connectivity index (χ4v) is 4.35. The van der Waals surface area contributed by atoms with Crippen LogP contribution in [0.4, 0.5) is 0 Å². The van der Waals surface area contributed by atoms with Crippen molar-refractivity contribution in [3.8, 4) is 5.75 Å². The van der Waals surface area contributed by atoms with Crippen LogP contribution < -0.4 is 31.3 Å². The van der Waals surface area contributed by atoms with Crippen molar-refractivity contribution in [1.82, 2.24) is 26.6 Å². The quantitative estimate of drug-likeness (QED) is 0.0669. The molecule has 15 nitrogen and oxygen atoms in total. The number of hydrogen-bond donors (Lipinski definition) is 7. The van der Waals surface area contributed by atoms with Crippen molar-refractivity contribution >= 4 is 41.5 Å². The highest BCUT2D eigenvalue weighted by Gasteiger charge is 2.21. The number of nitrogens with one attached hydrogen (secondary N) is 5. The van der Waals surface area contributed by atoms with Crippen LogP contribution in [-0.2, 0) is 28.8 Å². The molecule has 1 rings (SSSR count). The van der Waals surface area contributed by atoms with Gasteiger partial charge in [0.1, 0.15) is 11.8 Å². The normalized spacial score (nSPS) is 11.1. The summed E-state index contributed by atoms with van der Waals surface area (Å²) in [6.07, 6.45) is 8.99. The van der Waals surface area contributed by atoms with Crippen LogP contribution in [0.5, 0.6) is 5.75 Å². The van der Waals surface area contributed by atoms with Gasteiger partial charge in [0.15, 0.2) is 0 Å². The van der Waals surface area contributed by atoms with Crippen LogP contribution in [0.3, 0.4) is 0 Å². The van der Waals surface area contributed by atoms with Gasteiger partial charge < -0.3 is 41.5 Å². The summed E-state index contributed by atoms with van der Waals surface area (Å²) >= 11 is 0. The predicted molar refractivity (Wildman–Crippen MR) is 176 cm³/mol. The molecule has 1 aromatic carbocycles. The molecule has 0 saturated carbocycles. The first-order chi connectivity index (χ1) is 23.0. The number of carboxylic acid groups (broad SMARTS) is 2. The third-order valence-corrected chi connectivity index (χ3v) is 7.15. The molecule has 0 unspecified atom stereocenters. The Morgan fingerprint density at radius 1 is 0.625 bits per heavy atom. The van der Waals surface area contributed by atoms with Gasteiger partial charge in [-0.15, -0.1) is 0 Å². The molecule has 1 aromatic rings. The minimum absolute atomic E-state index is 0.153. The lowest BCUT2D eigenvalue weighted by atomic mass is 10.1. The number of rotatable bonds is 27. The third-order valence-electron chi connectivity index (χ3n) is 7.15. The van der Waals surface area contributed by atoms with E-state index in [1.165, 1.54) is 12.1 Å². The van der Waals surface area contributed by atoms with Crippen LogP contribution in [0.15, 0.2) is 24.3 Å². The molecule has 7 N–H and O–H groups in total. The molecule has 0 heterocycles. The highest BCUT2D eigenvalue weighted by Crippen LogP contribution is 2.14. The highest BCUT2D eigenvalue weighted by molar-refractivity contribution is 5.90. The van der Waals surface area contributed by atoms with Gasteiger partial charge in [0.2, 0.25) is 29.5 Å². The Labute approximate surface area is 281 Å². The van der Waals surface area contributed by atoms with Gasteiger partial charge in [-0.05, 0) is 49.9 Å². The SMILES string of the molecule is CCCCNC(=O)CNC(=O)CNC(=O)CNC(=O)CC[C@H](NC(=O)CCCCCCCCCCOc1ccc(C(=O)O)cc1)C(=O)O. The molecule has 0 radical (unpaired) electrons. The van der Waals surface area contributed by atoms with Gasteiger partial charge in [0.05, 0.1) is 31.8 Å². The average Bonchev–Trinajstić information content (AvgIpc) is 3.06. The second-order valence-corrected chi connectivity index (χ2v) is 11.3. The van der Waals surface area contributed by atoms with Crippen molar-refractivity contribution < 1.29 is 48.5 Å². The molecule has 15 heteroatoms. The Morgan fingerprint density at radius 3 is 1.69 bits per heavy atom. The van der Waals surface area contributed by atoms with Gasteiger partial charge in [-0.1, -0.05) is 51.9 Å². The third kappa shape index (κ3) is 21.2. The minimum atomic E-state index is -1.26. The Bertz CT molecular complexity index is 1180. The number of aliphatic carboxylic acids is 1. The molecule has 5 amide bonds. The monoisotopic (exact) mass is 677 g/mol. The zero-order valence-electron chi connectivity index (χ0n) is 27.8. The van der Waals surface area contributed by atoms with E-state index in [0.717, 1.165) is 57.8 Å². The Balaban J connectivity index is 2.08. The Morgan fingerprint density at radius 2 is 1.15 bits per heavy atom. The van der Waals surface area contributed by atoms with Gasteiger partial charge in [-0.2, -0.15) is 0 Å². The van der Waals surface area contributed by atoms with E-state index in [-0.39, 0.29) is 43.8 Å². The molecule has 0 fully saturated rings. The molecule has 268 valence electrons. The van der Waals surface area contributed by atoms with E-state index >= 15 is 0 Å². The summed E-state index contributed by atoms with van der Waals surface area (Å²) < 4.78 is 5.62. The summed E-state index contributed by atoms with van der Waals surface area (Å²) in [6, 6.07) is 5.06. The molecule has 0 aliphatic carbocycles. The maximum atomic E-state index is 12.3. The number of carbonyl (C=O) groups is 7. The van der Waals surface area contributed by atoms with Gasteiger partial charge in [-0.25, -0.2) is 9.59 Å². The number of amides is 5. The van der Waals surface area contributed by atoms with Crippen LogP contribution in [0.2, 0.25) is 0 Å². The standard InChI is InChI=1S/C33H51N5O10/c1-2-3-19-34-29(41)21-36-31(43)23-37-30(42)22-35-27(39)18-17-26(33(46)47)38-28(40)12-10-8-6-4-5-7-9-11-20-48-25-15-13-24(14-16-25)32(44)45/h13-16,26H,2-12,17-23H2,1H3,(H,34,41)(H,35,39)(H,36,43)(H,37,42)(H,38,40)(H,44,45)(H,46,47)/t26-/m0/s1. The van der Waals surface area contributed by atoms with Crippen LogP contribution >= 0.6 is 0 Å². The summed E-state index contributed by atoms with van der Waals surface area (Å²) in [7, 11) is 0. The van der Waals surface area contributed by atoms with Gasteiger partial charge in [-0.3, -0.25) is 24.0 Å². The maximum Gasteiger partial charge on any atom is 0.335 e. The largest absolute Gasteiger partial charge is 0.494 e. The van der Waals surface area contributed by atoms with E-state index in [1.807, 2.05) is 6.92 Å². The van der Waals surface area contributed by atoms with Gasteiger partial charge in [0, 0.05) is 19.4 Å². The fraction of sp³-hybridized carbons (Fsp3) is 0.606. The molecule has 0 aliphatic heterocycles. The molecule has 0 aliphatic rings. The molecule has 1 atom stereocenters.